The largest absolute Gasteiger partial charge is 0.476 e. The molecule has 0 aliphatic rings. The molecule has 0 aromatic heterocycles. The van der Waals surface area contributed by atoms with Gasteiger partial charge in [-0.15, -0.1) is 0 Å². The summed E-state index contributed by atoms with van der Waals surface area (Å²) in [6.45, 7) is 2.68. The average Bonchev–Trinajstić information content (AvgIpc) is 3.34. The van der Waals surface area contributed by atoms with Gasteiger partial charge in [-0.05, 0) is 77.7 Å². The van der Waals surface area contributed by atoms with Gasteiger partial charge in [0, 0.05) is 32.8 Å². The zero-order valence-corrected chi connectivity index (χ0v) is 34.5. The van der Waals surface area contributed by atoms with E-state index in [0.717, 1.165) is 66.1 Å². The lowest BCUT2D eigenvalue weighted by Gasteiger charge is -2.30. The van der Waals surface area contributed by atoms with Crippen LogP contribution < -0.4 is 0 Å². The van der Waals surface area contributed by atoms with Gasteiger partial charge in [0.15, 0.2) is 0 Å². The SMILES string of the molecule is CC(COC(=Nc1cccc2ccccc12)c1ccccc1)(COC(=Nc1cccc2ccccc12)c1ccccc1)COC(=Nc1cccc2ccccc12)c1ccccc1. The Labute approximate surface area is 362 Å². The zero-order chi connectivity index (χ0) is 42.0. The molecule has 0 radical (unpaired) electrons. The lowest BCUT2D eigenvalue weighted by Crippen LogP contribution is -2.37. The molecule has 0 heterocycles. The fourth-order valence-electron chi connectivity index (χ4n) is 7.38. The molecule has 0 aliphatic heterocycles. The number of nitrogens with zero attached hydrogens (tertiary/aromatic N) is 3. The number of hydrogen-bond donors (Lipinski definition) is 0. The summed E-state index contributed by atoms with van der Waals surface area (Å²) in [4.78, 5) is 15.5. The Morgan fingerprint density at radius 3 is 0.887 bits per heavy atom. The molecule has 0 saturated heterocycles. The molecule has 0 aliphatic carbocycles. The maximum Gasteiger partial charge on any atom is 0.221 e. The Kier molecular flexibility index (Phi) is 11.9. The number of rotatable bonds is 12. The van der Waals surface area contributed by atoms with Crippen LogP contribution in [0.5, 0.6) is 0 Å². The highest BCUT2D eigenvalue weighted by molar-refractivity contribution is 6.02. The van der Waals surface area contributed by atoms with Crippen LogP contribution in [0.25, 0.3) is 32.3 Å². The Hall–Kier alpha value is -7.83. The fraction of sp³-hybridized carbons (Fsp3) is 0.0893. The molecule has 302 valence electrons. The second-order valence-electron chi connectivity index (χ2n) is 15.5. The zero-order valence-electron chi connectivity index (χ0n) is 34.5. The predicted octanol–water partition coefficient (Wildman–Crippen LogP) is 13.8. The van der Waals surface area contributed by atoms with Crippen molar-refractivity contribution in [1.29, 1.82) is 0 Å². The molecule has 0 atom stereocenters. The van der Waals surface area contributed by atoms with Crippen LogP contribution >= 0.6 is 0 Å². The molecule has 6 nitrogen and oxygen atoms in total. The van der Waals surface area contributed by atoms with Crippen LogP contribution in [0.4, 0.5) is 17.1 Å². The minimum absolute atomic E-state index is 0.193. The maximum atomic E-state index is 6.88. The van der Waals surface area contributed by atoms with Crippen LogP contribution in [0.15, 0.2) is 233 Å². The van der Waals surface area contributed by atoms with Crippen LogP contribution in [0.2, 0.25) is 0 Å². The standard InChI is InChI=1S/C56H45N3O3/c1-56(38-60-53(44-23-5-2-6-24-44)57-50-35-17-29-41-20-11-14-32-47(41)50,39-61-54(45-25-7-3-8-26-45)58-51-36-18-30-42-21-12-15-33-48(42)51)40-62-55(46-27-9-4-10-28-46)59-52-37-19-31-43-22-13-16-34-49(43)52/h2-37H,38-40H2,1H3. The third-order valence-electron chi connectivity index (χ3n) is 10.7. The fourth-order valence-corrected chi connectivity index (χ4v) is 7.38. The molecular formula is C56H45N3O3. The molecule has 0 unspecified atom stereocenters. The van der Waals surface area contributed by atoms with E-state index in [1.165, 1.54) is 0 Å². The van der Waals surface area contributed by atoms with Crippen molar-refractivity contribution in [2.75, 3.05) is 19.8 Å². The van der Waals surface area contributed by atoms with E-state index in [2.05, 4.69) is 61.5 Å². The highest BCUT2D eigenvalue weighted by Gasteiger charge is 2.31. The first-order valence-electron chi connectivity index (χ1n) is 20.8. The van der Waals surface area contributed by atoms with Gasteiger partial charge in [-0.1, -0.05) is 164 Å². The van der Waals surface area contributed by atoms with Crippen molar-refractivity contribution in [3.8, 4) is 0 Å². The van der Waals surface area contributed by atoms with Gasteiger partial charge in [0.1, 0.15) is 19.8 Å². The molecule has 9 rings (SSSR count). The minimum Gasteiger partial charge on any atom is -0.476 e. The molecule has 0 saturated carbocycles. The number of ether oxygens (including phenoxy) is 3. The summed E-state index contributed by atoms with van der Waals surface area (Å²) in [6.07, 6.45) is 0. The van der Waals surface area contributed by atoms with Crippen molar-refractivity contribution in [2.45, 2.75) is 6.92 Å². The molecule has 0 spiro atoms. The van der Waals surface area contributed by atoms with Crippen LogP contribution in [0.1, 0.15) is 23.6 Å². The van der Waals surface area contributed by atoms with E-state index in [1.807, 2.05) is 164 Å². The van der Waals surface area contributed by atoms with Crippen LogP contribution in [-0.4, -0.2) is 37.5 Å². The minimum atomic E-state index is -0.767. The summed E-state index contributed by atoms with van der Waals surface area (Å²) in [5.74, 6) is 1.48. The Morgan fingerprint density at radius 1 is 0.323 bits per heavy atom. The highest BCUT2D eigenvalue weighted by Crippen LogP contribution is 2.31. The first-order chi connectivity index (χ1) is 30.6. The molecule has 9 aromatic rings. The third-order valence-corrected chi connectivity index (χ3v) is 10.7. The normalized spacial score (nSPS) is 13.2. The monoisotopic (exact) mass is 807 g/mol. The van der Waals surface area contributed by atoms with E-state index < -0.39 is 5.41 Å². The lowest BCUT2D eigenvalue weighted by molar-refractivity contribution is 0.0354. The molecule has 62 heavy (non-hydrogen) atoms. The summed E-state index contributed by atoms with van der Waals surface area (Å²) < 4.78 is 20.7. The molecule has 0 amide bonds. The van der Waals surface area contributed by atoms with Gasteiger partial charge < -0.3 is 14.2 Å². The van der Waals surface area contributed by atoms with Gasteiger partial charge in [-0.2, -0.15) is 0 Å². The van der Waals surface area contributed by atoms with Crippen molar-refractivity contribution < 1.29 is 14.2 Å². The third kappa shape index (κ3) is 9.30. The van der Waals surface area contributed by atoms with Gasteiger partial charge >= 0.3 is 0 Å². The molecule has 0 N–H and O–H groups in total. The van der Waals surface area contributed by atoms with Crippen molar-refractivity contribution in [2.24, 2.45) is 20.4 Å². The average molecular weight is 808 g/mol. The van der Waals surface area contributed by atoms with Crippen LogP contribution in [0.3, 0.4) is 0 Å². The highest BCUT2D eigenvalue weighted by atomic mass is 16.5. The van der Waals surface area contributed by atoms with Gasteiger partial charge in [0.25, 0.3) is 0 Å². The number of aliphatic imine (C=N–C) groups is 3. The second kappa shape index (κ2) is 18.6. The van der Waals surface area contributed by atoms with E-state index in [0.29, 0.717) is 17.7 Å². The Morgan fingerprint density at radius 2 is 0.581 bits per heavy atom. The van der Waals surface area contributed by atoms with E-state index in [1.54, 1.807) is 0 Å². The van der Waals surface area contributed by atoms with Gasteiger partial charge in [0.05, 0.1) is 22.5 Å². The number of fused-ring (bicyclic) bond motifs is 3. The van der Waals surface area contributed by atoms with Crippen LogP contribution in [-0.2, 0) is 14.2 Å². The van der Waals surface area contributed by atoms with Crippen molar-refractivity contribution >= 4 is 67.1 Å². The summed E-state index contributed by atoms with van der Waals surface area (Å²) in [6, 6.07) is 73.2. The van der Waals surface area contributed by atoms with E-state index in [-0.39, 0.29) is 19.8 Å². The Balaban J connectivity index is 1.10. The van der Waals surface area contributed by atoms with Crippen molar-refractivity contribution in [1.82, 2.24) is 0 Å². The first kappa shape index (κ1) is 39.6. The number of benzene rings is 9. The second-order valence-corrected chi connectivity index (χ2v) is 15.5. The summed E-state index contributed by atoms with van der Waals surface area (Å²) in [7, 11) is 0. The summed E-state index contributed by atoms with van der Waals surface area (Å²) in [5.41, 5.74) is 4.26. The maximum absolute atomic E-state index is 6.88. The summed E-state index contributed by atoms with van der Waals surface area (Å²) in [5, 5.41) is 6.42. The summed E-state index contributed by atoms with van der Waals surface area (Å²) >= 11 is 0. The van der Waals surface area contributed by atoms with Crippen molar-refractivity contribution in [3.63, 3.8) is 0 Å². The lowest BCUT2D eigenvalue weighted by atomic mass is 9.94. The van der Waals surface area contributed by atoms with Crippen LogP contribution in [0, 0.1) is 5.41 Å². The topological polar surface area (TPSA) is 64.8 Å². The van der Waals surface area contributed by atoms with Gasteiger partial charge in [-0.25, -0.2) is 15.0 Å². The Bertz CT molecular complexity index is 2690. The molecule has 6 heteroatoms. The van der Waals surface area contributed by atoms with E-state index in [9.17, 15) is 0 Å². The number of hydrogen-bond acceptors (Lipinski definition) is 6. The molecule has 0 fully saturated rings. The smallest absolute Gasteiger partial charge is 0.221 e. The quantitative estimate of drug-likeness (QED) is 0.0912. The predicted molar refractivity (Wildman–Crippen MR) is 256 cm³/mol. The van der Waals surface area contributed by atoms with Crippen molar-refractivity contribution in [3.05, 3.63) is 235 Å². The van der Waals surface area contributed by atoms with E-state index >= 15 is 0 Å². The first-order valence-corrected chi connectivity index (χ1v) is 20.8. The molecule has 0 bridgehead atoms. The molecule has 9 aromatic carbocycles. The van der Waals surface area contributed by atoms with Gasteiger partial charge in [-0.3, -0.25) is 0 Å². The molecular weight excluding hydrogens is 763 g/mol. The van der Waals surface area contributed by atoms with E-state index in [4.69, 9.17) is 29.2 Å². The van der Waals surface area contributed by atoms with Gasteiger partial charge in [0.2, 0.25) is 17.7 Å².